The van der Waals surface area contributed by atoms with E-state index in [2.05, 4.69) is 10.1 Å². The summed E-state index contributed by atoms with van der Waals surface area (Å²) < 4.78 is 29.4. The largest absolute Gasteiger partial charge is 0.464 e. The molecule has 0 spiro atoms. The van der Waals surface area contributed by atoms with Gasteiger partial charge in [0.05, 0.1) is 6.54 Å². The van der Waals surface area contributed by atoms with Crippen molar-refractivity contribution in [2.24, 2.45) is 0 Å². The number of furan rings is 1. The van der Waals surface area contributed by atoms with Gasteiger partial charge in [0.2, 0.25) is 0 Å². The quantitative estimate of drug-likeness (QED) is 0.742. The van der Waals surface area contributed by atoms with Crippen LogP contribution in [-0.4, -0.2) is 33.6 Å². The molecule has 0 aliphatic heterocycles. The highest BCUT2D eigenvalue weighted by molar-refractivity contribution is 7.89. The molecule has 1 aliphatic rings. The molecular weight excluding hydrogens is 254 g/mol. The smallest absolute Gasteiger partial charge is 0.256 e. The maximum Gasteiger partial charge on any atom is 0.256 e. The van der Waals surface area contributed by atoms with E-state index in [4.69, 9.17) is 4.42 Å². The molecule has 0 bridgehead atoms. The van der Waals surface area contributed by atoms with Gasteiger partial charge in [-0.05, 0) is 19.8 Å². The van der Waals surface area contributed by atoms with Crippen LogP contribution >= 0.6 is 0 Å². The van der Waals surface area contributed by atoms with Crippen LogP contribution in [0.25, 0.3) is 0 Å². The highest BCUT2D eigenvalue weighted by Crippen LogP contribution is 2.22. The molecule has 1 saturated carbocycles. The van der Waals surface area contributed by atoms with Gasteiger partial charge in [0, 0.05) is 26.2 Å². The molecule has 6 nitrogen and oxygen atoms in total. The van der Waals surface area contributed by atoms with Crippen molar-refractivity contribution >= 4 is 10.0 Å². The molecule has 1 heterocycles. The van der Waals surface area contributed by atoms with Crippen molar-refractivity contribution in [1.29, 1.82) is 0 Å². The van der Waals surface area contributed by atoms with Crippen LogP contribution < -0.4 is 10.1 Å². The third-order valence-corrected chi connectivity index (χ3v) is 4.25. The Balaban J connectivity index is 2.12. The molecule has 0 saturated heterocycles. The molecule has 1 fully saturated rings. The average molecular weight is 273 g/mol. The van der Waals surface area contributed by atoms with E-state index in [1.165, 1.54) is 17.9 Å². The van der Waals surface area contributed by atoms with Crippen molar-refractivity contribution < 1.29 is 12.8 Å². The topological polar surface area (TPSA) is 74.6 Å². The summed E-state index contributed by atoms with van der Waals surface area (Å²) in [6.45, 7) is 2.23. The summed E-state index contributed by atoms with van der Waals surface area (Å²) in [4.78, 5) is 2.59. The van der Waals surface area contributed by atoms with Gasteiger partial charge in [-0.25, -0.2) is 13.4 Å². The monoisotopic (exact) mass is 273 g/mol. The number of rotatable bonds is 6. The lowest BCUT2D eigenvalue weighted by atomic mass is 10.4. The lowest BCUT2D eigenvalue weighted by Crippen LogP contribution is -2.36. The first-order valence-corrected chi connectivity index (χ1v) is 7.39. The van der Waals surface area contributed by atoms with Crippen molar-refractivity contribution in [3.05, 3.63) is 17.6 Å². The van der Waals surface area contributed by atoms with Crippen LogP contribution in [0.4, 0.5) is 0 Å². The van der Waals surface area contributed by atoms with Gasteiger partial charge in [-0.1, -0.05) is 0 Å². The maximum atomic E-state index is 12.0. The Bertz CT molecular complexity index is 518. The fourth-order valence-corrected chi connectivity index (χ4v) is 2.99. The molecule has 1 aromatic rings. The molecule has 0 aromatic carbocycles. The minimum absolute atomic E-state index is 0.198. The fourth-order valence-electron chi connectivity index (χ4n) is 1.70. The number of hydrogen-bond acceptors (Lipinski definition) is 5. The Kier molecular flexibility index (Phi) is 3.76. The summed E-state index contributed by atoms with van der Waals surface area (Å²) >= 11 is 0. The first-order chi connectivity index (χ1) is 8.38. The molecule has 0 radical (unpaired) electrons. The van der Waals surface area contributed by atoms with Gasteiger partial charge >= 0.3 is 0 Å². The van der Waals surface area contributed by atoms with Gasteiger partial charge in [0.15, 0.2) is 0 Å². The second-order valence-corrected chi connectivity index (χ2v) is 6.41. The Morgan fingerprint density at radius 2 is 2.11 bits per heavy atom. The molecule has 7 heteroatoms. The van der Waals surface area contributed by atoms with E-state index in [1.807, 2.05) is 0 Å². The van der Waals surface area contributed by atoms with E-state index in [0.717, 1.165) is 0 Å². The van der Waals surface area contributed by atoms with Crippen LogP contribution in [0.1, 0.15) is 24.4 Å². The van der Waals surface area contributed by atoms with Crippen molar-refractivity contribution in [2.45, 2.75) is 37.2 Å². The van der Waals surface area contributed by atoms with Gasteiger partial charge in [-0.2, -0.15) is 0 Å². The van der Waals surface area contributed by atoms with Gasteiger partial charge in [-0.15, -0.1) is 4.83 Å². The van der Waals surface area contributed by atoms with E-state index in [9.17, 15) is 8.42 Å². The summed E-state index contributed by atoms with van der Waals surface area (Å²) in [5.41, 5.74) is 0. The lowest BCUT2D eigenvalue weighted by molar-refractivity contribution is 0.363. The number of hydrazine groups is 1. The third-order valence-electron chi connectivity index (χ3n) is 2.66. The van der Waals surface area contributed by atoms with Gasteiger partial charge in [0.1, 0.15) is 16.4 Å². The fraction of sp³-hybridized carbons (Fsp3) is 0.636. The predicted molar refractivity (Wildman–Crippen MR) is 67.3 cm³/mol. The molecule has 2 N–H and O–H groups in total. The molecule has 1 aliphatic carbocycles. The summed E-state index contributed by atoms with van der Waals surface area (Å²) in [5.74, 6) is 1.07. The van der Waals surface area contributed by atoms with E-state index < -0.39 is 10.0 Å². The predicted octanol–water partition coefficient (Wildman–Crippen LogP) is 0.595. The maximum absolute atomic E-state index is 12.0. The van der Waals surface area contributed by atoms with Crippen LogP contribution in [0.2, 0.25) is 0 Å². The van der Waals surface area contributed by atoms with Gasteiger partial charge in [-0.3, -0.25) is 0 Å². The van der Waals surface area contributed by atoms with Crippen LogP contribution in [0.3, 0.4) is 0 Å². The molecule has 2 rings (SSSR count). The minimum Gasteiger partial charge on any atom is -0.464 e. The van der Waals surface area contributed by atoms with Crippen molar-refractivity contribution in [2.75, 3.05) is 14.1 Å². The number of sulfonamides is 1. The summed E-state index contributed by atoms with van der Waals surface area (Å²) in [7, 11) is -0.283. The molecule has 18 heavy (non-hydrogen) atoms. The van der Waals surface area contributed by atoms with E-state index in [1.54, 1.807) is 27.1 Å². The van der Waals surface area contributed by atoms with E-state index in [-0.39, 0.29) is 4.90 Å². The van der Waals surface area contributed by atoms with Crippen LogP contribution in [0, 0.1) is 6.92 Å². The number of hydrogen-bond donors (Lipinski definition) is 2. The zero-order chi connectivity index (χ0) is 13.3. The zero-order valence-electron chi connectivity index (χ0n) is 10.9. The van der Waals surface area contributed by atoms with Crippen molar-refractivity contribution in [1.82, 2.24) is 15.2 Å². The van der Waals surface area contributed by atoms with Gasteiger partial charge < -0.3 is 9.73 Å². The Labute approximate surface area is 107 Å². The van der Waals surface area contributed by atoms with Crippen LogP contribution in [-0.2, 0) is 16.6 Å². The number of nitrogens with zero attached hydrogens (tertiary/aromatic N) is 1. The molecule has 1 aromatic heterocycles. The second kappa shape index (κ2) is 5.00. The van der Waals surface area contributed by atoms with E-state index in [0.29, 0.717) is 24.1 Å². The second-order valence-electron chi connectivity index (χ2n) is 4.78. The zero-order valence-corrected chi connectivity index (χ0v) is 11.7. The van der Waals surface area contributed by atoms with Crippen molar-refractivity contribution in [3.8, 4) is 0 Å². The lowest BCUT2D eigenvalue weighted by Gasteiger charge is -2.11. The first-order valence-electron chi connectivity index (χ1n) is 5.91. The number of aryl methyl sites for hydroxylation is 1. The van der Waals surface area contributed by atoms with E-state index >= 15 is 0 Å². The molecular formula is C11H19N3O3S. The first kappa shape index (κ1) is 13.5. The normalized spacial score (nSPS) is 16.4. The van der Waals surface area contributed by atoms with Gasteiger partial charge in [0.25, 0.3) is 10.0 Å². The SMILES string of the molecule is Cc1oc(CNC2CC2)cc1S(=O)(=O)NN(C)C. The number of nitrogens with one attached hydrogen (secondary N) is 2. The molecule has 0 atom stereocenters. The average Bonchev–Trinajstić information content (AvgIpc) is 2.97. The summed E-state index contributed by atoms with van der Waals surface area (Å²) in [6.07, 6.45) is 2.38. The standard InChI is InChI=1S/C11H19N3O3S/c1-8-11(18(15,16)13-14(2)3)6-10(17-8)7-12-9-4-5-9/h6,9,12-13H,4-5,7H2,1-3H3. The highest BCUT2D eigenvalue weighted by atomic mass is 32.2. The van der Waals surface area contributed by atoms with Crippen molar-refractivity contribution in [3.63, 3.8) is 0 Å². The highest BCUT2D eigenvalue weighted by Gasteiger charge is 2.24. The van der Waals surface area contributed by atoms with Crippen LogP contribution in [0.5, 0.6) is 0 Å². The summed E-state index contributed by atoms with van der Waals surface area (Å²) in [5, 5.41) is 4.68. The minimum atomic E-state index is -3.54. The molecule has 102 valence electrons. The summed E-state index contributed by atoms with van der Waals surface area (Å²) in [6, 6.07) is 2.15. The van der Waals surface area contributed by atoms with Crippen LogP contribution in [0.15, 0.2) is 15.4 Å². The molecule has 0 amide bonds. The molecule has 0 unspecified atom stereocenters. The Morgan fingerprint density at radius 1 is 1.44 bits per heavy atom. The third kappa shape index (κ3) is 3.32. The Hall–Kier alpha value is -0.890. The Morgan fingerprint density at radius 3 is 2.67 bits per heavy atom.